The molecule has 0 fully saturated rings. The van der Waals surface area contributed by atoms with Crippen LogP contribution in [0.5, 0.6) is 0 Å². The largest absolute Gasteiger partial charge is 4.00 e. The summed E-state index contributed by atoms with van der Waals surface area (Å²) < 4.78 is 0. The Labute approximate surface area is 112 Å². The molecule has 0 aromatic carbocycles. The van der Waals surface area contributed by atoms with Crippen LogP contribution in [0.2, 0.25) is 0 Å². The van der Waals surface area contributed by atoms with Crippen molar-refractivity contribution in [3.8, 4) is 0 Å². The van der Waals surface area contributed by atoms with Crippen molar-refractivity contribution in [2.45, 2.75) is 26.1 Å². The smallest absolute Gasteiger partial charge is 0.870 e. The maximum Gasteiger partial charge on any atom is 4.00 e. The first kappa shape index (κ1) is 29.9. The van der Waals surface area contributed by atoms with Gasteiger partial charge in [0, 0.05) is 0 Å². The van der Waals surface area contributed by atoms with Gasteiger partial charge in [-0.2, -0.15) is 11.8 Å². The Morgan fingerprint density at radius 3 is 1.12 bits per heavy atom. The van der Waals surface area contributed by atoms with Gasteiger partial charge in [0.05, 0.1) is 0 Å². The van der Waals surface area contributed by atoms with E-state index in [-0.39, 0.29) is 32.7 Å². The zero-order chi connectivity index (χ0) is 11.7. The molecule has 0 spiro atoms. The molecule has 0 radical (unpaired) electrons. The fourth-order valence-corrected chi connectivity index (χ4v) is 0.197. The molecule has 100 valence electrons. The summed E-state index contributed by atoms with van der Waals surface area (Å²) in [5, 5.41) is 16.5. The number of hydrogen-bond acceptors (Lipinski definition) is 10. The quantitative estimate of drug-likeness (QED) is 0.304. The summed E-state index contributed by atoms with van der Waals surface area (Å²) in [5.74, 6) is 7.09. The van der Waals surface area contributed by atoms with Crippen molar-refractivity contribution in [2.75, 3.05) is 0 Å². The van der Waals surface area contributed by atoms with Gasteiger partial charge in [0.25, 0.3) is 0 Å². The minimum Gasteiger partial charge on any atom is -0.870 e. The Hall–Kier alpha value is -0.586. The average Bonchev–Trinajstić information content (AvgIpc) is 2.15. The number of aliphatic hydroxyl groups excluding tert-OH is 2. The number of carbonyl (C=O) groups is 2. The van der Waals surface area contributed by atoms with Crippen molar-refractivity contribution in [1.29, 1.82) is 0 Å². The SMILES string of the molecule is CC(O)C(=O)ON.CC(O)C(=O)ON.[OH-].[OH-].[Ti+4]. The van der Waals surface area contributed by atoms with Gasteiger partial charge in [-0.1, -0.05) is 0 Å². The normalized spacial score (nSPS) is 10.7. The van der Waals surface area contributed by atoms with Gasteiger partial charge in [-0.05, 0) is 13.8 Å². The van der Waals surface area contributed by atoms with Gasteiger partial charge in [0.1, 0.15) is 0 Å². The molecule has 8 N–H and O–H groups in total. The van der Waals surface area contributed by atoms with E-state index < -0.39 is 24.1 Å². The van der Waals surface area contributed by atoms with Crippen molar-refractivity contribution in [3.05, 3.63) is 0 Å². The Bertz CT molecular complexity index is 169. The first-order valence-corrected chi connectivity index (χ1v) is 3.54. The zero-order valence-corrected chi connectivity index (χ0v) is 10.8. The van der Waals surface area contributed by atoms with Gasteiger partial charge in [0.15, 0.2) is 12.2 Å². The van der Waals surface area contributed by atoms with Crippen LogP contribution in [-0.2, 0) is 41.0 Å². The molecule has 0 aromatic rings. The van der Waals surface area contributed by atoms with E-state index in [1.54, 1.807) is 0 Å². The Balaban J connectivity index is -0.0000000480. The van der Waals surface area contributed by atoms with E-state index in [2.05, 4.69) is 21.5 Å². The Morgan fingerprint density at radius 1 is 0.941 bits per heavy atom. The number of hydrogen-bond donors (Lipinski definition) is 4. The molecule has 2 atom stereocenters. The zero-order valence-electron chi connectivity index (χ0n) is 9.23. The molecule has 0 aliphatic heterocycles. The second kappa shape index (κ2) is 17.8. The molecule has 0 heterocycles. The van der Waals surface area contributed by atoms with Crippen LogP contribution < -0.4 is 11.8 Å². The van der Waals surface area contributed by atoms with Crippen LogP contribution in [0.4, 0.5) is 0 Å². The van der Waals surface area contributed by atoms with Crippen LogP contribution in [0.15, 0.2) is 0 Å². The van der Waals surface area contributed by atoms with Crippen LogP contribution in [0.25, 0.3) is 0 Å². The van der Waals surface area contributed by atoms with E-state index >= 15 is 0 Å². The molecule has 0 bridgehead atoms. The predicted octanol–water partition coefficient (Wildman–Crippen LogP) is -2.79. The maximum atomic E-state index is 9.91. The fourth-order valence-electron chi connectivity index (χ4n) is 0.197. The molecule has 10 nitrogen and oxygen atoms in total. The first-order chi connectivity index (χ1) is 6.36. The summed E-state index contributed by atoms with van der Waals surface area (Å²) >= 11 is 0. The summed E-state index contributed by atoms with van der Waals surface area (Å²) in [5.41, 5.74) is 0. The average molecular weight is 292 g/mol. The van der Waals surface area contributed by atoms with Crippen LogP contribution >= 0.6 is 0 Å². The van der Waals surface area contributed by atoms with Crippen LogP contribution in [0.3, 0.4) is 0 Å². The summed E-state index contributed by atoms with van der Waals surface area (Å²) in [7, 11) is 0. The standard InChI is InChI=1S/2C3H7NO3.2H2O.Ti/c2*1-2(5)3(6)7-4;;;/h2*2,5H,4H2,1H3;2*1H2;/q;;;;+4/p-2. The van der Waals surface area contributed by atoms with E-state index in [0.29, 0.717) is 0 Å². The van der Waals surface area contributed by atoms with Crippen molar-refractivity contribution in [3.63, 3.8) is 0 Å². The van der Waals surface area contributed by atoms with E-state index in [4.69, 9.17) is 10.2 Å². The fraction of sp³-hybridized carbons (Fsp3) is 0.667. The van der Waals surface area contributed by atoms with Gasteiger partial charge in [-0.15, -0.1) is 0 Å². The van der Waals surface area contributed by atoms with Gasteiger partial charge in [0.2, 0.25) is 0 Å². The third-order valence-corrected chi connectivity index (χ3v) is 0.915. The molecule has 17 heavy (non-hydrogen) atoms. The second-order valence-corrected chi connectivity index (χ2v) is 2.23. The van der Waals surface area contributed by atoms with Gasteiger partial charge in [-0.25, -0.2) is 9.59 Å². The maximum absolute atomic E-state index is 9.91. The Kier molecular flexibility index (Phi) is 31.3. The molecule has 0 aromatic heterocycles. The molecule has 11 heteroatoms. The van der Waals surface area contributed by atoms with Crippen molar-refractivity contribution in [2.24, 2.45) is 11.8 Å². The molecule has 0 rings (SSSR count). The third kappa shape index (κ3) is 21.3. The number of carbonyl (C=O) groups excluding carboxylic acids is 2. The molecule has 2 unspecified atom stereocenters. The summed E-state index contributed by atoms with van der Waals surface area (Å²) in [6.45, 7) is 2.55. The number of aliphatic hydroxyl groups is 2. The molecule has 0 aliphatic carbocycles. The van der Waals surface area contributed by atoms with Crippen LogP contribution in [-0.4, -0.2) is 45.3 Å². The van der Waals surface area contributed by atoms with E-state index in [1.807, 2.05) is 0 Å². The van der Waals surface area contributed by atoms with E-state index in [1.165, 1.54) is 13.8 Å². The first-order valence-electron chi connectivity index (χ1n) is 3.54. The van der Waals surface area contributed by atoms with E-state index in [9.17, 15) is 9.59 Å². The van der Waals surface area contributed by atoms with Crippen LogP contribution in [0, 0.1) is 0 Å². The van der Waals surface area contributed by atoms with Gasteiger partial charge >= 0.3 is 33.7 Å². The summed E-state index contributed by atoms with van der Waals surface area (Å²) in [6, 6.07) is 0. The predicted molar refractivity (Wildman–Crippen MR) is 47.8 cm³/mol. The minimum atomic E-state index is -1.12. The molecule has 0 saturated carbocycles. The molecule has 0 amide bonds. The number of rotatable bonds is 2. The van der Waals surface area contributed by atoms with Crippen molar-refractivity contribution < 1.29 is 62.1 Å². The minimum absolute atomic E-state index is 0. The molecular weight excluding hydrogens is 276 g/mol. The monoisotopic (exact) mass is 292 g/mol. The number of nitrogens with two attached hydrogens (primary N) is 2. The second-order valence-electron chi connectivity index (χ2n) is 2.23. The molecule has 0 aliphatic rings. The van der Waals surface area contributed by atoms with Crippen molar-refractivity contribution >= 4 is 11.9 Å². The van der Waals surface area contributed by atoms with E-state index in [0.717, 1.165) is 0 Å². The summed E-state index contributed by atoms with van der Waals surface area (Å²) in [6.07, 6.45) is -2.24. The van der Waals surface area contributed by atoms with Crippen molar-refractivity contribution in [1.82, 2.24) is 0 Å². The van der Waals surface area contributed by atoms with Gasteiger partial charge in [-0.3, -0.25) is 0 Å². The Morgan fingerprint density at radius 2 is 1.12 bits per heavy atom. The third-order valence-electron chi connectivity index (χ3n) is 0.915. The summed E-state index contributed by atoms with van der Waals surface area (Å²) in [4.78, 5) is 27.1. The molecule has 0 saturated heterocycles. The molecular formula is C6H16N2O8Ti+2. The van der Waals surface area contributed by atoms with Crippen LogP contribution in [0.1, 0.15) is 13.8 Å². The topological polar surface area (TPSA) is 205 Å². The van der Waals surface area contributed by atoms with Gasteiger partial charge < -0.3 is 30.8 Å².